The van der Waals surface area contributed by atoms with E-state index in [2.05, 4.69) is 50.2 Å². The lowest BCUT2D eigenvalue weighted by Crippen LogP contribution is -2.07. The maximum atomic E-state index is 6.60. The van der Waals surface area contributed by atoms with Crippen LogP contribution in [0.4, 0.5) is 0 Å². The maximum absolute atomic E-state index is 6.60. The largest absolute Gasteiger partial charge is 0.0836 e. The zero-order chi connectivity index (χ0) is 14.6. The van der Waals surface area contributed by atoms with Crippen molar-refractivity contribution in [2.24, 2.45) is 0 Å². The van der Waals surface area contributed by atoms with Gasteiger partial charge in [0.2, 0.25) is 0 Å². The van der Waals surface area contributed by atoms with E-state index in [1.54, 1.807) is 0 Å². The first-order valence-electron chi connectivity index (χ1n) is 7.79. The predicted octanol–water partition coefficient (Wildman–Crippen LogP) is 6.39. The molecule has 0 nitrogen and oxygen atoms in total. The number of halogens is 1. The summed E-state index contributed by atoms with van der Waals surface area (Å²) in [6.45, 7) is 4.47. The van der Waals surface area contributed by atoms with Crippen LogP contribution in [-0.4, -0.2) is 0 Å². The minimum atomic E-state index is 0.636. The van der Waals surface area contributed by atoms with Crippen LogP contribution in [0.15, 0.2) is 36.4 Å². The molecule has 1 aliphatic carbocycles. The molecule has 0 amide bonds. The van der Waals surface area contributed by atoms with Gasteiger partial charge in [0.05, 0.1) is 0 Å². The van der Waals surface area contributed by atoms with Crippen molar-refractivity contribution in [3.05, 3.63) is 58.1 Å². The average molecular weight is 295 g/mol. The van der Waals surface area contributed by atoms with E-state index in [1.165, 1.54) is 57.5 Å². The van der Waals surface area contributed by atoms with Gasteiger partial charge in [-0.1, -0.05) is 48.4 Å². The Balaban J connectivity index is 2.17. The zero-order valence-electron chi connectivity index (χ0n) is 12.5. The van der Waals surface area contributed by atoms with Gasteiger partial charge in [0, 0.05) is 10.4 Å². The summed E-state index contributed by atoms with van der Waals surface area (Å²) in [5.41, 5.74) is 4.31. The number of benzene rings is 3. The SMILES string of the molecule is Cc1ccc2c(c1)c(Cl)cc1c3c(ccc12)CCCC3C. The molecular weight excluding hydrogens is 276 g/mol. The molecule has 0 aromatic heterocycles. The van der Waals surface area contributed by atoms with Gasteiger partial charge in [0.25, 0.3) is 0 Å². The molecule has 0 aliphatic heterocycles. The Morgan fingerprint density at radius 1 is 0.952 bits per heavy atom. The fourth-order valence-electron chi connectivity index (χ4n) is 3.91. The van der Waals surface area contributed by atoms with Crippen LogP contribution in [0.1, 0.15) is 42.4 Å². The monoisotopic (exact) mass is 294 g/mol. The molecule has 1 aliphatic rings. The maximum Gasteiger partial charge on any atom is 0.0490 e. The Kier molecular flexibility index (Phi) is 2.97. The summed E-state index contributed by atoms with van der Waals surface area (Å²) < 4.78 is 0. The predicted molar refractivity (Wildman–Crippen MR) is 92.6 cm³/mol. The standard InChI is InChI=1S/C20H19Cl/c1-12-6-8-15-16-9-7-14-5-3-4-13(2)20(14)18(16)11-19(21)17(15)10-12/h6-11,13H,3-5H2,1-2H3. The van der Waals surface area contributed by atoms with Crippen LogP contribution in [0, 0.1) is 6.92 Å². The third kappa shape index (κ3) is 1.97. The van der Waals surface area contributed by atoms with Gasteiger partial charge in [-0.2, -0.15) is 0 Å². The van der Waals surface area contributed by atoms with Crippen LogP contribution in [0.25, 0.3) is 21.5 Å². The molecule has 1 heteroatoms. The third-order valence-corrected chi connectivity index (χ3v) is 5.26. The molecule has 3 aromatic carbocycles. The van der Waals surface area contributed by atoms with Crippen LogP contribution >= 0.6 is 11.6 Å². The fraction of sp³-hybridized carbons (Fsp3) is 0.300. The third-order valence-electron chi connectivity index (χ3n) is 4.95. The minimum Gasteiger partial charge on any atom is -0.0836 e. The number of hydrogen-bond acceptors (Lipinski definition) is 0. The summed E-state index contributed by atoms with van der Waals surface area (Å²) in [6.07, 6.45) is 3.80. The van der Waals surface area contributed by atoms with E-state index in [9.17, 15) is 0 Å². The molecule has 0 spiro atoms. The average Bonchev–Trinajstić information content (AvgIpc) is 2.47. The molecule has 0 N–H and O–H groups in total. The van der Waals surface area contributed by atoms with Gasteiger partial charge < -0.3 is 0 Å². The normalized spacial score (nSPS) is 18.1. The summed E-state index contributed by atoms with van der Waals surface area (Å²) in [4.78, 5) is 0. The molecule has 1 atom stereocenters. The van der Waals surface area contributed by atoms with E-state index in [1.807, 2.05) is 0 Å². The van der Waals surface area contributed by atoms with Crippen molar-refractivity contribution in [2.75, 3.05) is 0 Å². The quantitative estimate of drug-likeness (QED) is 0.421. The number of rotatable bonds is 0. The van der Waals surface area contributed by atoms with Crippen molar-refractivity contribution in [1.82, 2.24) is 0 Å². The fourth-order valence-corrected chi connectivity index (χ4v) is 4.18. The molecule has 0 fully saturated rings. The van der Waals surface area contributed by atoms with Crippen molar-refractivity contribution >= 4 is 33.1 Å². The summed E-state index contributed by atoms with van der Waals surface area (Å²) in [5.74, 6) is 0.636. The second kappa shape index (κ2) is 4.74. The molecule has 106 valence electrons. The van der Waals surface area contributed by atoms with E-state index >= 15 is 0 Å². The molecule has 0 heterocycles. The highest BCUT2D eigenvalue weighted by Crippen LogP contribution is 2.41. The molecule has 4 rings (SSSR count). The Hall–Kier alpha value is -1.53. The van der Waals surface area contributed by atoms with Crippen LogP contribution in [0.2, 0.25) is 5.02 Å². The van der Waals surface area contributed by atoms with E-state index in [4.69, 9.17) is 11.6 Å². The highest BCUT2D eigenvalue weighted by Gasteiger charge is 2.20. The lowest BCUT2D eigenvalue weighted by atomic mass is 9.80. The van der Waals surface area contributed by atoms with E-state index in [0.717, 1.165) is 5.02 Å². The van der Waals surface area contributed by atoms with Crippen LogP contribution in [0.5, 0.6) is 0 Å². The van der Waals surface area contributed by atoms with Gasteiger partial charge in [-0.3, -0.25) is 0 Å². The minimum absolute atomic E-state index is 0.636. The van der Waals surface area contributed by atoms with Gasteiger partial charge in [-0.15, -0.1) is 0 Å². The summed E-state index contributed by atoms with van der Waals surface area (Å²) in [5, 5.41) is 6.05. The zero-order valence-corrected chi connectivity index (χ0v) is 13.3. The molecule has 21 heavy (non-hydrogen) atoms. The van der Waals surface area contributed by atoms with Gasteiger partial charge >= 0.3 is 0 Å². The Morgan fingerprint density at radius 3 is 2.57 bits per heavy atom. The Morgan fingerprint density at radius 2 is 1.71 bits per heavy atom. The van der Waals surface area contributed by atoms with E-state index in [-0.39, 0.29) is 0 Å². The number of hydrogen-bond donors (Lipinski definition) is 0. The molecule has 0 saturated heterocycles. The number of fused-ring (bicyclic) bond motifs is 5. The summed E-state index contributed by atoms with van der Waals surface area (Å²) in [7, 11) is 0. The highest BCUT2D eigenvalue weighted by atomic mass is 35.5. The molecule has 0 radical (unpaired) electrons. The van der Waals surface area contributed by atoms with Crippen molar-refractivity contribution in [2.45, 2.75) is 39.0 Å². The van der Waals surface area contributed by atoms with E-state index in [0.29, 0.717) is 5.92 Å². The molecule has 0 saturated carbocycles. The molecule has 0 bridgehead atoms. The molecule has 3 aromatic rings. The van der Waals surface area contributed by atoms with Gasteiger partial charge in [-0.25, -0.2) is 0 Å². The topological polar surface area (TPSA) is 0 Å². The second-order valence-electron chi connectivity index (χ2n) is 6.43. The second-order valence-corrected chi connectivity index (χ2v) is 6.84. The van der Waals surface area contributed by atoms with Crippen LogP contribution in [0.3, 0.4) is 0 Å². The number of aryl methyl sites for hydroxylation is 2. The van der Waals surface area contributed by atoms with Gasteiger partial charge in [-0.05, 0) is 71.5 Å². The first-order chi connectivity index (χ1) is 10.1. The van der Waals surface area contributed by atoms with Crippen molar-refractivity contribution < 1.29 is 0 Å². The lowest BCUT2D eigenvalue weighted by molar-refractivity contribution is 0.595. The van der Waals surface area contributed by atoms with Gasteiger partial charge in [0.15, 0.2) is 0 Å². The van der Waals surface area contributed by atoms with E-state index < -0.39 is 0 Å². The van der Waals surface area contributed by atoms with Crippen LogP contribution < -0.4 is 0 Å². The smallest absolute Gasteiger partial charge is 0.0490 e. The summed E-state index contributed by atoms with van der Waals surface area (Å²) >= 11 is 6.60. The Bertz CT molecular complexity index is 861. The van der Waals surface area contributed by atoms with Crippen LogP contribution in [-0.2, 0) is 6.42 Å². The highest BCUT2D eigenvalue weighted by molar-refractivity contribution is 6.37. The Labute approximate surface area is 130 Å². The van der Waals surface area contributed by atoms with Gasteiger partial charge in [0.1, 0.15) is 0 Å². The summed E-state index contributed by atoms with van der Waals surface area (Å²) in [6, 6.07) is 13.4. The van der Waals surface area contributed by atoms with Crippen molar-refractivity contribution in [3.8, 4) is 0 Å². The molecule has 1 unspecified atom stereocenters. The first kappa shape index (κ1) is 13.2. The van der Waals surface area contributed by atoms with Crippen molar-refractivity contribution in [1.29, 1.82) is 0 Å². The molecular formula is C20H19Cl. The lowest BCUT2D eigenvalue weighted by Gasteiger charge is -2.25. The first-order valence-corrected chi connectivity index (χ1v) is 8.17. The van der Waals surface area contributed by atoms with Crippen molar-refractivity contribution in [3.63, 3.8) is 0 Å².